The molecule has 0 saturated heterocycles. The molecule has 1 N–H and O–H groups in total. The Hall–Kier alpha value is -1.09. The molecule has 3 heteroatoms. The normalized spacial score (nSPS) is 13.2. The van der Waals surface area contributed by atoms with E-state index in [1.165, 1.54) is 5.56 Å². The first kappa shape index (κ1) is 17.0. The summed E-state index contributed by atoms with van der Waals surface area (Å²) >= 11 is 0. The van der Waals surface area contributed by atoms with E-state index in [4.69, 9.17) is 4.74 Å². The number of rotatable bonds is 8. The fraction of sp³-hybridized carbons (Fsp3) is 0.706. The average molecular weight is 278 g/mol. The summed E-state index contributed by atoms with van der Waals surface area (Å²) in [7, 11) is 0. The molecule has 20 heavy (non-hydrogen) atoms. The van der Waals surface area contributed by atoms with E-state index in [2.05, 4.69) is 51.0 Å². The first-order chi connectivity index (χ1) is 9.46. The maximum absolute atomic E-state index is 5.69. The molecule has 0 radical (unpaired) electrons. The number of nitrogens with zero attached hydrogens (tertiary/aromatic N) is 1. The van der Waals surface area contributed by atoms with E-state index in [9.17, 15) is 0 Å². The molecule has 0 spiro atoms. The summed E-state index contributed by atoms with van der Waals surface area (Å²) in [6.07, 6.45) is 7.00. The van der Waals surface area contributed by atoms with Crippen LogP contribution in [-0.4, -0.2) is 18.1 Å². The minimum absolute atomic E-state index is 0.283. The van der Waals surface area contributed by atoms with E-state index in [1.54, 1.807) is 6.20 Å². The Kier molecular flexibility index (Phi) is 7.00. The van der Waals surface area contributed by atoms with Crippen LogP contribution in [0.3, 0.4) is 0 Å². The molecular formula is C17H30N2O. The smallest absolute Gasteiger partial charge is 0.137 e. The second-order valence-corrected chi connectivity index (χ2v) is 6.57. The van der Waals surface area contributed by atoms with E-state index < -0.39 is 0 Å². The molecule has 114 valence electrons. The summed E-state index contributed by atoms with van der Waals surface area (Å²) in [5.41, 5.74) is 1.51. The third kappa shape index (κ3) is 6.38. The monoisotopic (exact) mass is 278 g/mol. The SMILES string of the molecule is CCCNC(CC(C)(C)C)c1cncc(OCCC)c1. The topological polar surface area (TPSA) is 34.2 Å². The maximum Gasteiger partial charge on any atom is 0.137 e. The second-order valence-electron chi connectivity index (χ2n) is 6.57. The Bertz CT molecular complexity index is 385. The van der Waals surface area contributed by atoms with Crippen molar-refractivity contribution < 1.29 is 4.74 Å². The van der Waals surface area contributed by atoms with Crippen LogP contribution in [0, 0.1) is 5.41 Å². The zero-order chi connectivity index (χ0) is 15.0. The lowest BCUT2D eigenvalue weighted by Crippen LogP contribution is -2.26. The van der Waals surface area contributed by atoms with Gasteiger partial charge in [-0.15, -0.1) is 0 Å². The van der Waals surface area contributed by atoms with Gasteiger partial charge in [0.05, 0.1) is 12.8 Å². The Labute approximate surface area is 124 Å². The third-order valence-electron chi connectivity index (χ3n) is 3.07. The number of aromatic nitrogens is 1. The molecule has 3 nitrogen and oxygen atoms in total. The van der Waals surface area contributed by atoms with Gasteiger partial charge in [-0.25, -0.2) is 0 Å². The predicted molar refractivity (Wildman–Crippen MR) is 85.1 cm³/mol. The van der Waals surface area contributed by atoms with Gasteiger partial charge in [-0.2, -0.15) is 0 Å². The molecule has 0 aliphatic carbocycles. The van der Waals surface area contributed by atoms with Crippen LogP contribution in [0.25, 0.3) is 0 Å². The van der Waals surface area contributed by atoms with Gasteiger partial charge in [0.15, 0.2) is 0 Å². The molecule has 0 fully saturated rings. The minimum atomic E-state index is 0.283. The van der Waals surface area contributed by atoms with Gasteiger partial charge in [0.2, 0.25) is 0 Å². The minimum Gasteiger partial charge on any atom is -0.492 e. The van der Waals surface area contributed by atoms with Crippen LogP contribution in [0.5, 0.6) is 5.75 Å². The molecule has 1 aromatic heterocycles. The summed E-state index contributed by atoms with van der Waals surface area (Å²) in [5.74, 6) is 0.876. The fourth-order valence-corrected chi connectivity index (χ4v) is 2.16. The zero-order valence-corrected chi connectivity index (χ0v) is 13.7. The highest BCUT2D eigenvalue weighted by Crippen LogP contribution is 2.30. The zero-order valence-electron chi connectivity index (χ0n) is 13.7. The summed E-state index contributed by atoms with van der Waals surface area (Å²) in [6.45, 7) is 12.9. The average Bonchev–Trinajstić information content (AvgIpc) is 2.40. The Morgan fingerprint density at radius 3 is 2.55 bits per heavy atom. The van der Waals surface area contributed by atoms with Crippen LogP contribution in [0.1, 0.15) is 65.5 Å². The second kappa shape index (κ2) is 8.25. The highest BCUT2D eigenvalue weighted by Gasteiger charge is 2.20. The summed E-state index contributed by atoms with van der Waals surface area (Å²) < 4.78 is 5.69. The molecule has 1 heterocycles. The summed E-state index contributed by atoms with van der Waals surface area (Å²) in [6, 6.07) is 2.47. The van der Waals surface area contributed by atoms with Gasteiger partial charge in [0.1, 0.15) is 5.75 Å². The van der Waals surface area contributed by atoms with Crippen molar-refractivity contribution in [2.24, 2.45) is 5.41 Å². The predicted octanol–water partition coefficient (Wildman–Crippen LogP) is 4.35. The van der Waals surface area contributed by atoms with Crippen LogP contribution in [0.4, 0.5) is 0 Å². The van der Waals surface area contributed by atoms with Gasteiger partial charge >= 0.3 is 0 Å². The van der Waals surface area contributed by atoms with E-state index >= 15 is 0 Å². The first-order valence-electron chi connectivity index (χ1n) is 7.77. The van der Waals surface area contributed by atoms with Crippen molar-refractivity contribution in [1.82, 2.24) is 10.3 Å². The van der Waals surface area contributed by atoms with Crippen molar-refractivity contribution in [3.8, 4) is 5.75 Å². The molecule has 0 aromatic carbocycles. The Balaban J connectivity index is 2.83. The highest BCUT2D eigenvalue weighted by molar-refractivity contribution is 5.26. The van der Waals surface area contributed by atoms with Crippen LogP contribution in [0.15, 0.2) is 18.5 Å². The quantitative estimate of drug-likeness (QED) is 0.767. The van der Waals surface area contributed by atoms with E-state index in [0.29, 0.717) is 6.04 Å². The molecule has 0 amide bonds. The first-order valence-corrected chi connectivity index (χ1v) is 7.77. The molecule has 0 saturated carbocycles. The van der Waals surface area contributed by atoms with Gasteiger partial charge in [-0.05, 0) is 42.9 Å². The van der Waals surface area contributed by atoms with Crippen molar-refractivity contribution >= 4 is 0 Å². The molecule has 1 rings (SSSR count). The van der Waals surface area contributed by atoms with Crippen molar-refractivity contribution in [3.05, 3.63) is 24.0 Å². The van der Waals surface area contributed by atoms with Crippen LogP contribution in [0.2, 0.25) is 0 Å². The number of ether oxygens (including phenoxy) is 1. The molecule has 0 aliphatic rings. The maximum atomic E-state index is 5.69. The highest BCUT2D eigenvalue weighted by atomic mass is 16.5. The summed E-state index contributed by atoms with van der Waals surface area (Å²) in [4.78, 5) is 4.33. The lowest BCUT2D eigenvalue weighted by atomic mass is 9.86. The Morgan fingerprint density at radius 1 is 1.20 bits per heavy atom. The molecule has 0 bridgehead atoms. The number of pyridine rings is 1. The number of hydrogen-bond acceptors (Lipinski definition) is 3. The van der Waals surface area contributed by atoms with E-state index in [0.717, 1.165) is 38.2 Å². The van der Waals surface area contributed by atoms with Crippen molar-refractivity contribution in [2.45, 2.75) is 59.9 Å². The lowest BCUT2D eigenvalue weighted by Gasteiger charge is -2.27. The molecule has 1 unspecified atom stereocenters. The van der Waals surface area contributed by atoms with Crippen LogP contribution >= 0.6 is 0 Å². The van der Waals surface area contributed by atoms with Crippen LogP contribution in [-0.2, 0) is 0 Å². The van der Waals surface area contributed by atoms with Gasteiger partial charge in [0, 0.05) is 12.2 Å². The van der Waals surface area contributed by atoms with E-state index in [-0.39, 0.29) is 5.41 Å². The molecule has 1 atom stereocenters. The van der Waals surface area contributed by atoms with Gasteiger partial charge < -0.3 is 10.1 Å². The van der Waals surface area contributed by atoms with E-state index in [1.807, 2.05) is 6.20 Å². The summed E-state index contributed by atoms with van der Waals surface area (Å²) in [5, 5.41) is 3.63. The largest absolute Gasteiger partial charge is 0.492 e. The lowest BCUT2D eigenvalue weighted by molar-refractivity contribution is 0.304. The fourth-order valence-electron chi connectivity index (χ4n) is 2.16. The van der Waals surface area contributed by atoms with Gasteiger partial charge in [0.25, 0.3) is 0 Å². The van der Waals surface area contributed by atoms with Crippen molar-refractivity contribution in [3.63, 3.8) is 0 Å². The molecule has 1 aromatic rings. The van der Waals surface area contributed by atoms with Crippen LogP contribution < -0.4 is 10.1 Å². The third-order valence-corrected chi connectivity index (χ3v) is 3.07. The van der Waals surface area contributed by atoms with Crippen molar-refractivity contribution in [2.75, 3.05) is 13.2 Å². The molecular weight excluding hydrogens is 248 g/mol. The molecule has 0 aliphatic heterocycles. The number of hydrogen-bond donors (Lipinski definition) is 1. The standard InChI is InChI=1S/C17H30N2O/c1-6-8-19-16(11-17(3,4)5)14-10-15(13-18-12-14)20-9-7-2/h10,12-13,16,19H,6-9,11H2,1-5H3. The Morgan fingerprint density at radius 2 is 1.95 bits per heavy atom. The van der Waals surface area contributed by atoms with Gasteiger partial charge in [-0.3, -0.25) is 4.98 Å². The van der Waals surface area contributed by atoms with Crippen molar-refractivity contribution in [1.29, 1.82) is 0 Å². The number of nitrogens with one attached hydrogen (secondary N) is 1. The van der Waals surface area contributed by atoms with Gasteiger partial charge in [-0.1, -0.05) is 34.6 Å².